The van der Waals surface area contributed by atoms with Crippen molar-refractivity contribution in [2.24, 2.45) is 0 Å². The van der Waals surface area contributed by atoms with Gasteiger partial charge in [0.15, 0.2) is 0 Å². The van der Waals surface area contributed by atoms with E-state index < -0.39 is 0 Å². The summed E-state index contributed by atoms with van der Waals surface area (Å²) >= 11 is 0. The van der Waals surface area contributed by atoms with Crippen LogP contribution in [-0.4, -0.2) is 19.5 Å². The summed E-state index contributed by atoms with van der Waals surface area (Å²) in [6.07, 6.45) is 0. The van der Waals surface area contributed by atoms with E-state index in [1.54, 1.807) is 7.05 Å². The van der Waals surface area contributed by atoms with E-state index in [2.05, 4.69) is 36.6 Å². The normalized spacial score (nSPS) is 10.1. The molecule has 2 N–H and O–H groups in total. The van der Waals surface area contributed by atoms with E-state index in [0.717, 1.165) is 5.69 Å². The predicted octanol–water partition coefficient (Wildman–Crippen LogP) is 1.97. The number of hydrogen-bond donors (Lipinski definition) is 2. The summed E-state index contributed by atoms with van der Waals surface area (Å²) in [7, 11) is 1.63. The second kappa shape index (κ2) is 5.39. The number of carbonyl (C=O) groups excluding carboxylic acids is 1. The van der Waals surface area contributed by atoms with Crippen molar-refractivity contribution in [1.29, 1.82) is 0 Å². The minimum Gasteiger partial charge on any atom is -0.376 e. The number of rotatable bonds is 4. The molecule has 1 aromatic carbocycles. The molecule has 0 radical (unpaired) electrons. The average molecular weight is 206 g/mol. The molecule has 0 aliphatic rings. The molecule has 0 aliphatic heterocycles. The zero-order valence-electron chi connectivity index (χ0n) is 9.50. The molecule has 0 fully saturated rings. The van der Waals surface area contributed by atoms with Gasteiger partial charge in [-0.25, -0.2) is 0 Å². The van der Waals surface area contributed by atoms with Gasteiger partial charge in [-0.15, -0.1) is 0 Å². The average Bonchev–Trinajstić information content (AvgIpc) is 2.26. The smallest absolute Gasteiger partial charge is 0.239 e. The van der Waals surface area contributed by atoms with E-state index in [4.69, 9.17) is 0 Å². The van der Waals surface area contributed by atoms with Gasteiger partial charge >= 0.3 is 0 Å². The minimum absolute atomic E-state index is 0.00931. The second-order valence-corrected chi connectivity index (χ2v) is 3.81. The van der Waals surface area contributed by atoms with Crippen molar-refractivity contribution in [2.75, 3.05) is 18.9 Å². The van der Waals surface area contributed by atoms with Crippen LogP contribution in [0.25, 0.3) is 0 Å². The van der Waals surface area contributed by atoms with Crippen LogP contribution < -0.4 is 10.6 Å². The first-order chi connectivity index (χ1) is 7.13. The molecule has 0 heterocycles. The van der Waals surface area contributed by atoms with Gasteiger partial charge in [0.25, 0.3) is 0 Å². The van der Waals surface area contributed by atoms with Gasteiger partial charge in [-0.05, 0) is 23.6 Å². The lowest BCUT2D eigenvalue weighted by Crippen LogP contribution is -2.26. The maximum Gasteiger partial charge on any atom is 0.239 e. The van der Waals surface area contributed by atoms with Crippen molar-refractivity contribution in [3.05, 3.63) is 29.8 Å². The molecule has 0 saturated heterocycles. The molecule has 0 aromatic heterocycles. The van der Waals surface area contributed by atoms with E-state index in [-0.39, 0.29) is 5.91 Å². The summed E-state index contributed by atoms with van der Waals surface area (Å²) in [5, 5.41) is 5.65. The van der Waals surface area contributed by atoms with Crippen molar-refractivity contribution in [1.82, 2.24) is 5.32 Å². The minimum atomic E-state index is -0.00931. The van der Waals surface area contributed by atoms with E-state index in [0.29, 0.717) is 12.5 Å². The molecular formula is C12H18N2O. The fourth-order valence-electron chi connectivity index (χ4n) is 1.28. The van der Waals surface area contributed by atoms with E-state index >= 15 is 0 Å². The van der Waals surface area contributed by atoms with Crippen molar-refractivity contribution >= 4 is 11.6 Å². The number of anilines is 1. The van der Waals surface area contributed by atoms with Crippen LogP contribution in [0.4, 0.5) is 5.69 Å². The van der Waals surface area contributed by atoms with Gasteiger partial charge in [0.2, 0.25) is 5.91 Å². The summed E-state index contributed by atoms with van der Waals surface area (Å²) in [6, 6.07) is 8.14. The summed E-state index contributed by atoms with van der Waals surface area (Å²) in [6.45, 7) is 4.62. The molecule has 0 bridgehead atoms. The Morgan fingerprint density at radius 3 is 2.73 bits per heavy atom. The maximum atomic E-state index is 11.0. The van der Waals surface area contributed by atoms with Crippen LogP contribution in [0.5, 0.6) is 0 Å². The van der Waals surface area contributed by atoms with Gasteiger partial charge in [0.1, 0.15) is 0 Å². The van der Waals surface area contributed by atoms with Crippen molar-refractivity contribution in [2.45, 2.75) is 19.8 Å². The quantitative estimate of drug-likeness (QED) is 0.790. The molecule has 1 aromatic rings. The Hall–Kier alpha value is -1.51. The van der Waals surface area contributed by atoms with Crippen molar-refractivity contribution in [3.63, 3.8) is 0 Å². The van der Waals surface area contributed by atoms with Crippen molar-refractivity contribution in [3.8, 4) is 0 Å². The molecule has 15 heavy (non-hydrogen) atoms. The molecule has 0 atom stereocenters. The lowest BCUT2D eigenvalue weighted by molar-refractivity contribution is -0.118. The van der Waals surface area contributed by atoms with E-state index in [9.17, 15) is 4.79 Å². The molecular weight excluding hydrogens is 188 g/mol. The van der Waals surface area contributed by atoms with Gasteiger partial charge in [-0.3, -0.25) is 4.79 Å². The van der Waals surface area contributed by atoms with Gasteiger partial charge in [0.05, 0.1) is 6.54 Å². The van der Waals surface area contributed by atoms with Crippen LogP contribution in [0.1, 0.15) is 25.3 Å². The second-order valence-electron chi connectivity index (χ2n) is 3.81. The number of amides is 1. The summed E-state index contributed by atoms with van der Waals surface area (Å²) in [4.78, 5) is 11.0. The fourth-order valence-corrected chi connectivity index (χ4v) is 1.28. The summed E-state index contributed by atoms with van der Waals surface area (Å²) in [5.74, 6) is 0.497. The predicted molar refractivity (Wildman–Crippen MR) is 63.1 cm³/mol. The SMILES string of the molecule is CNC(=O)CNc1cccc(C(C)C)c1. The molecule has 0 spiro atoms. The van der Waals surface area contributed by atoms with Crippen molar-refractivity contribution < 1.29 is 4.79 Å². The van der Waals surface area contributed by atoms with Crippen LogP contribution in [0.2, 0.25) is 0 Å². The molecule has 0 unspecified atom stereocenters. The largest absolute Gasteiger partial charge is 0.376 e. The maximum absolute atomic E-state index is 11.0. The molecule has 3 nitrogen and oxygen atoms in total. The van der Waals surface area contributed by atoms with Crippen LogP contribution in [0, 0.1) is 0 Å². The Morgan fingerprint density at radius 1 is 1.40 bits per heavy atom. The Bertz CT molecular complexity index is 334. The zero-order valence-corrected chi connectivity index (χ0v) is 9.50. The number of benzene rings is 1. The van der Waals surface area contributed by atoms with Crippen LogP contribution in [0.3, 0.4) is 0 Å². The number of hydrogen-bond acceptors (Lipinski definition) is 2. The standard InChI is InChI=1S/C12H18N2O/c1-9(2)10-5-4-6-11(7-10)14-8-12(15)13-3/h4-7,9,14H,8H2,1-3H3,(H,13,15). The summed E-state index contributed by atoms with van der Waals surface area (Å²) < 4.78 is 0. The first-order valence-electron chi connectivity index (χ1n) is 5.18. The van der Waals surface area contributed by atoms with Gasteiger partial charge in [-0.1, -0.05) is 26.0 Å². The number of likely N-dealkylation sites (N-methyl/N-ethyl adjacent to an activating group) is 1. The molecule has 1 amide bonds. The van der Waals surface area contributed by atoms with Crippen LogP contribution in [0.15, 0.2) is 24.3 Å². The third-order valence-electron chi connectivity index (χ3n) is 2.29. The van der Waals surface area contributed by atoms with Gasteiger partial charge in [-0.2, -0.15) is 0 Å². The highest BCUT2D eigenvalue weighted by atomic mass is 16.1. The van der Waals surface area contributed by atoms with Gasteiger partial charge < -0.3 is 10.6 Å². The highest BCUT2D eigenvalue weighted by Crippen LogP contribution is 2.18. The molecule has 0 aliphatic carbocycles. The topological polar surface area (TPSA) is 41.1 Å². The molecule has 3 heteroatoms. The van der Waals surface area contributed by atoms with Gasteiger partial charge in [0, 0.05) is 12.7 Å². The fraction of sp³-hybridized carbons (Fsp3) is 0.417. The molecule has 1 rings (SSSR count). The Labute approximate surface area is 90.9 Å². The number of carbonyl (C=O) groups is 1. The van der Waals surface area contributed by atoms with Crippen LogP contribution >= 0.6 is 0 Å². The highest BCUT2D eigenvalue weighted by Gasteiger charge is 2.01. The Balaban J connectivity index is 2.61. The van der Waals surface area contributed by atoms with Crippen LogP contribution in [-0.2, 0) is 4.79 Å². The number of nitrogens with one attached hydrogen (secondary N) is 2. The zero-order chi connectivity index (χ0) is 11.3. The monoisotopic (exact) mass is 206 g/mol. The Kier molecular flexibility index (Phi) is 4.16. The highest BCUT2D eigenvalue weighted by molar-refractivity contribution is 5.80. The third-order valence-corrected chi connectivity index (χ3v) is 2.29. The lowest BCUT2D eigenvalue weighted by Gasteiger charge is -2.09. The summed E-state index contributed by atoms with van der Waals surface area (Å²) in [5.41, 5.74) is 2.27. The lowest BCUT2D eigenvalue weighted by atomic mass is 10.0. The Morgan fingerprint density at radius 2 is 2.13 bits per heavy atom. The first-order valence-corrected chi connectivity index (χ1v) is 5.18. The first kappa shape index (κ1) is 11.6. The molecule has 82 valence electrons. The third kappa shape index (κ3) is 3.62. The van der Waals surface area contributed by atoms with E-state index in [1.807, 2.05) is 12.1 Å². The van der Waals surface area contributed by atoms with E-state index in [1.165, 1.54) is 5.56 Å². The molecule has 0 saturated carbocycles.